The third-order valence-electron chi connectivity index (χ3n) is 3.62. The van der Waals surface area contributed by atoms with E-state index in [9.17, 15) is 8.78 Å². The van der Waals surface area contributed by atoms with Gasteiger partial charge in [-0.3, -0.25) is 0 Å². The molecule has 0 aliphatic rings. The zero-order chi connectivity index (χ0) is 18.1. The second-order valence-corrected chi connectivity index (χ2v) is 5.46. The van der Waals surface area contributed by atoms with Gasteiger partial charge in [-0.15, -0.1) is 24.0 Å². The highest BCUT2D eigenvalue weighted by Gasteiger charge is 2.04. The van der Waals surface area contributed by atoms with Crippen molar-refractivity contribution in [3.63, 3.8) is 0 Å². The van der Waals surface area contributed by atoms with Crippen LogP contribution in [0.5, 0.6) is 5.75 Å². The summed E-state index contributed by atoms with van der Waals surface area (Å²) < 4.78 is 31.9. The van der Waals surface area contributed by atoms with Gasteiger partial charge >= 0.3 is 0 Å². The Morgan fingerprint density at radius 2 is 1.81 bits per heavy atom. The van der Waals surface area contributed by atoms with Crippen molar-refractivity contribution in [2.45, 2.75) is 19.9 Å². The second-order valence-electron chi connectivity index (χ2n) is 5.46. The Kier molecular flexibility index (Phi) is 9.93. The van der Waals surface area contributed by atoms with Crippen LogP contribution in [-0.2, 0) is 13.0 Å². The zero-order valence-electron chi connectivity index (χ0n) is 14.9. The number of nitrogens with one attached hydrogen (secondary N) is 2. The number of rotatable bonds is 7. The van der Waals surface area contributed by atoms with Gasteiger partial charge in [-0.25, -0.2) is 13.8 Å². The van der Waals surface area contributed by atoms with Gasteiger partial charge in [0.1, 0.15) is 17.4 Å². The third-order valence-corrected chi connectivity index (χ3v) is 3.62. The van der Waals surface area contributed by atoms with Crippen molar-refractivity contribution in [1.82, 2.24) is 10.6 Å². The quantitative estimate of drug-likeness (QED) is 0.363. The first kappa shape index (κ1) is 22.1. The largest absolute Gasteiger partial charge is 0.497 e. The summed E-state index contributed by atoms with van der Waals surface area (Å²) in [6, 6.07) is 11.2. The molecule has 0 saturated heterocycles. The van der Waals surface area contributed by atoms with E-state index in [0.717, 1.165) is 23.4 Å². The van der Waals surface area contributed by atoms with Gasteiger partial charge < -0.3 is 15.4 Å². The van der Waals surface area contributed by atoms with E-state index in [1.165, 1.54) is 6.07 Å². The standard InChI is InChI=1S/C19H23F2N3O.HI/c1-3-22-19(24-13-14-4-7-17(25-2)8-5-14)23-11-10-15-12-16(20)6-9-18(15)21;/h4-9,12H,3,10-11,13H2,1-2H3,(H2,22,23,24);1H. The SMILES string of the molecule is CCNC(=NCc1ccc(OC)cc1)NCCc1cc(F)ccc1F.I. The van der Waals surface area contributed by atoms with Gasteiger partial charge in [0.15, 0.2) is 5.96 Å². The molecule has 0 aliphatic carbocycles. The van der Waals surface area contributed by atoms with E-state index >= 15 is 0 Å². The molecule has 2 aromatic rings. The molecule has 0 radical (unpaired) electrons. The lowest BCUT2D eigenvalue weighted by Crippen LogP contribution is -2.38. The van der Waals surface area contributed by atoms with E-state index < -0.39 is 11.6 Å². The van der Waals surface area contributed by atoms with Crippen LogP contribution < -0.4 is 15.4 Å². The van der Waals surface area contributed by atoms with Crippen LogP contribution in [0, 0.1) is 11.6 Å². The lowest BCUT2D eigenvalue weighted by atomic mass is 10.1. The minimum absolute atomic E-state index is 0. The molecule has 2 N–H and O–H groups in total. The van der Waals surface area contributed by atoms with Crippen LogP contribution in [0.2, 0.25) is 0 Å². The summed E-state index contributed by atoms with van der Waals surface area (Å²) in [4.78, 5) is 4.50. The minimum Gasteiger partial charge on any atom is -0.497 e. The van der Waals surface area contributed by atoms with Crippen molar-refractivity contribution in [1.29, 1.82) is 0 Å². The summed E-state index contributed by atoms with van der Waals surface area (Å²) in [6.45, 7) is 3.64. The first-order valence-corrected chi connectivity index (χ1v) is 8.21. The Labute approximate surface area is 170 Å². The van der Waals surface area contributed by atoms with Crippen LogP contribution in [0.4, 0.5) is 8.78 Å². The number of guanidine groups is 1. The molecule has 0 aliphatic heterocycles. The van der Waals surface area contributed by atoms with E-state index in [0.29, 0.717) is 37.6 Å². The molecule has 0 amide bonds. The molecule has 0 bridgehead atoms. The molecule has 0 heterocycles. The molecule has 2 aromatic carbocycles. The highest BCUT2D eigenvalue weighted by Crippen LogP contribution is 2.12. The molecule has 0 unspecified atom stereocenters. The van der Waals surface area contributed by atoms with E-state index in [2.05, 4.69) is 15.6 Å². The van der Waals surface area contributed by atoms with Crippen LogP contribution in [-0.4, -0.2) is 26.2 Å². The number of hydrogen-bond acceptors (Lipinski definition) is 2. The Balaban J connectivity index is 0.00000338. The average molecular weight is 475 g/mol. The molecular formula is C19H24F2IN3O. The smallest absolute Gasteiger partial charge is 0.191 e. The van der Waals surface area contributed by atoms with Gasteiger partial charge in [-0.1, -0.05) is 12.1 Å². The number of aliphatic imine (C=N–C) groups is 1. The summed E-state index contributed by atoms with van der Waals surface area (Å²) in [6.07, 6.45) is 0.372. The molecular weight excluding hydrogens is 451 g/mol. The molecule has 0 atom stereocenters. The first-order valence-electron chi connectivity index (χ1n) is 8.21. The minimum atomic E-state index is -0.434. The zero-order valence-corrected chi connectivity index (χ0v) is 17.2. The lowest BCUT2D eigenvalue weighted by Gasteiger charge is -2.12. The van der Waals surface area contributed by atoms with Crippen molar-refractivity contribution in [3.8, 4) is 5.75 Å². The fourth-order valence-electron chi connectivity index (χ4n) is 2.29. The summed E-state index contributed by atoms with van der Waals surface area (Å²) in [5.74, 6) is 0.602. The highest BCUT2D eigenvalue weighted by atomic mass is 127. The van der Waals surface area contributed by atoms with E-state index in [1.54, 1.807) is 7.11 Å². The van der Waals surface area contributed by atoms with Crippen LogP contribution in [0.1, 0.15) is 18.1 Å². The van der Waals surface area contributed by atoms with E-state index in [1.807, 2.05) is 31.2 Å². The molecule has 0 saturated carbocycles. The van der Waals surface area contributed by atoms with Crippen LogP contribution in [0.25, 0.3) is 0 Å². The maximum atomic E-state index is 13.6. The highest BCUT2D eigenvalue weighted by molar-refractivity contribution is 14.0. The second kappa shape index (κ2) is 11.7. The number of hydrogen-bond donors (Lipinski definition) is 2. The van der Waals surface area contributed by atoms with Gasteiger partial charge in [0.2, 0.25) is 0 Å². The fourth-order valence-corrected chi connectivity index (χ4v) is 2.29. The van der Waals surface area contributed by atoms with Crippen molar-refractivity contribution in [2.24, 2.45) is 4.99 Å². The van der Waals surface area contributed by atoms with E-state index in [-0.39, 0.29) is 24.0 Å². The Hall–Kier alpha value is -1.90. The van der Waals surface area contributed by atoms with Crippen LogP contribution in [0.3, 0.4) is 0 Å². The number of ether oxygens (including phenoxy) is 1. The van der Waals surface area contributed by atoms with Gasteiger partial charge in [0.25, 0.3) is 0 Å². The monoisotopic (exact) mass is 475 g/mol. The molecule has 0 spiro atoms. The Morgan fingerprint density at radius 3 is 2.46 bits per heavy atom. The predicted octanol–water partition coefficient (Wildman–Crippen LogP) is 3.89. The Bertz CT molecular complexity index is 708. The molecule has 142 valence electrons. The summed E-state index contributed by atoms with van der Waals surface area (Å²) in [7, 11) is 1.63. The molecule has 4 nitrogen and oxygen atoms in total. The average Bonchev–Trinajstić information content (AvgIpc) is 2.63. The van der Waals surface area contributed by atoms with Crippen molar-refractivity contribution in [3.05, 3.63) is 65.2 Å². The predicted molar refractivity (Wildman–Crippen MR) is 111 cm³/mol. The molecule has 0 fully saturated rings. The number of benzene rings is 2. The molecule has 26 heavy (non-hydrogen) atoms. The van der Waals surface area contributed by atoms with Gasteiger partial charge in [-0.05, 0) is 54.8 Å². The molecule has 0 aromatic heterocycles. The Morgan fingerprint density at radius 1 is 1.08 bits per heavy atom. The van der Waals surface area contributed by atoms with Gasteiger partial charge in [0.05, 0.1) is 13.7 Å². The summed E-state index contributed by atoms with van der Waals surface area (Å²) in [5.41, 5.74) is 1.40. The maximum absolute atomic E-state index is 13.6. The van der Waals surface area contributed by atoms with Crippen LogP contribution >= 0.6 is 24.0 Å². The third kappa shape index (κ3) is 7.15. The van der Waals surface area contributed by atoms with Crippen LogP contribution in [0.15, 0.2) is 47.5 Å². The van der Waals surface area contributed by atoms with Crippen molar-refractivity contribution in [2.75, 3.05) is 20.2 Å². The summed E-state index contributed by atoms with van der Waals surface area (Å²) in [5, 5.41) is 6.27. The van der Waals surface area contributed by atoms with Crippen molar-refractivity contribution >= 4 is 29.9 Å². The first-order chi connectivity index (χ1) is 12.1. The molecule has 7 heteroatoms. The van der Waals surface area contributed by atoms with E-state index in [4.69, 9.17) is 4.74 Å². The number of methoxy groups -OCH3 is 1. The van der Waals surface area contributed by atoms with Gasteiger partial charge in [0, 0.05) is 13.1 Å². The number of nitrogens with zero attached hydrogens (tertiary/aromatic N) is 1. The maximum Gasteiger partial charge on any atom is 0.191 e. The fraction of sp³-hybridized carbons (Fsp3) is 0.316. The van der Waals surface area contributed by atoms with Gasteiger partial charge in [-0.2, -0.15) is 0 Å². The lowest BCUT2D eigenvalue weighted by molar-refractivity contribution is 0.414. The van der Waals surface area contributed by atoms with Crippen molar-refractivity contribution < 1.29 is 13.5 Å². The normalized spacial score (nSPS) is 10.8. The summed E-state index contributed by atoms with van der Waals surface area (Å²) >= 11 is 0. The topological polar surface area (TPSA) is 45.7 Å². The molecule has 2 rings (SSSR count). The number of halogens is 3.